The number of amides is 2. The van der Waals surface area contributed by atoms with Crippen molar-refractivity contribution in [3.05, 3.63) is 58.1 Å². The third kappa shape index (κ3) is 4.46. The first-order valence-electron chi connectivity index (χ1n) is 9.22. The Morgan fingerprint density at radius 1 is 1.07 bits per heavy atom. The van der Waals surface area contributed by atoms with Gasteiger partial charge in [0, 0.05) is 43.0 Å². The monoisotopic (exact) mass is 382 g/mol. The lowest BCUT2D eigenvalue weighted by molar-refractivity contribution is -0.384. The molecule has 8 nitrogen and oxygen atoms in total. The average molecular weight is 382 g/mol. The summed E-state index contributed by atoms with van der Waals surface area (Å²) in [4.78, 5) is 37.2. The first kappa shape index (κ1) is 19.3. The van der Waals surface area contributed by atoms with Gasteiger partial charge in [-0.1, -0.05) is 13.0 Å². The van der Waals surface area contributed by atoms with Crippen molar-refractivity contribution in [3.63, 3.8) is 0 Å². The Bertz CT molecular complexity index is 907. The van der Waals surface area contributed by atoms with Gasteiger partial charge < -0.3 is 15.5 Å². The second kappa shape index (κ2) is 8.51. The van der Waals surface area contributed by atoms with Crippen molar-refractivity contribution in [1.82, 2.24) is 0 Å². The van der Waals surface area contributed by atoms with Crippen LogP contribution in [0.5, 0.6) is 0 Å². The summed E-state index contributed by atoms with van der Waals surface area (Å²) in [6.07, 6.45) is 2.40. The summed E-state index contributed by atoms with van der Waals surface area (Å²) in [6, 6.07) is 11.2. The first-order chi connectivity index (χ1) is 13.5. The standard InChI is InChI=1S/C20H22N4O4/c1-2-19(25)21-14-6-5-7-15(12-14)22-20(26)17-13-16(24(27)28)8-9-18(17)23-10-3-4-11-23/h5-9,12-13H,2-4,10-11H2,1H3,(H,21,25)(H,22,26). The Kier molecular flexibility index (Phi) is 5.88. The molecule has 0 unspecified atom stereocenters. The number of anilines is 3. The molecule has 8 heteroatoms. The van der Waals surface area contributed by atoms with Crippen LogP contribution in [0.3, 0.4) is 0 Å². The van der Waals surface area contributed by atoms with Gasteiger partial charge in [-0.15, -0.1) is 0 Å². The van der Waals surface area contributed by atoms with E-state index in [0.29, 0.717) is 23.5 Å². The summed E-state index contributed by atoms with van der Waals surface area (Å²) in [7, 11) is 0. The van der Waals surface area contributed by atoms with E-state index in [9.17, 15) is 19.7 Å². The van der Waals surface area contributed by atoms with Crippen molar-refractivity contribution in [2.45, 2.75) is 26.2 Å². The maximum atomic E-state index is 12.9. The number of nitrogens with zero attached hydrogens (tertiary/aromatic N) is 2. The molecule has 28 heavy (non-hydrogen) atoms. The molecule has 2 aromatic carbocycles. The number of benzene rings is 2. The van der Waals surface area contributed by atoms with Crippen LogP contribution in [0.15, 0.2) is 42.5 Å². The Hall–Kier alpha value is -3.42. The number of hydrogen-bond acceptors (Lipinski definition) is 5. The van der Waals surface area contributed by atoms with E-state index in [1.807, 2.05) is 0 Å². The van der Waals surface area contributed by atoms with E-state index in [1.54, 1.807) is 37.3 Å². The Labute approximate surface area is 162 Å². The molecule has 2 amide bonds. The highest BCUT2D eigenvalue weighted by molar-refractivity contribution is 6.09. The first-order valence-corrected chi connectivity index (χ1v) is 9.22. The van der Waals surface area contributed by atoms with Crippen LogP contribution >= 0.6 is 0 Å². The molecule has 0 atom stereocenters. The van der Waals surface area contributed by atoms with Gasteiger partial charge in [-0.05, 0) is 37.1 Å². The molecule has 1 saturated heterocycles. The maximum absolute atomic E-state index is 12.9. The molecular formula is C20H22N4O4. The minimum atomic E-state index is -0.508. The molecular weight excluding hydrogens is 360 g/mol. The summed E-state index contributed by atoms with van der Waals surface area (Å²) in [5.74, 6) is -0.553. The van der Waals surface area contributed by atoms with Crippen molar-refractivity contribution < 1.29 is 14.5 Å². The second-order valence-electron chi connectivity index (χ2n) is 6.59. The molecule has 0 radical (unpaired) electrons. The normalized spacial score (nSPS) is 13.2. The lowest BCUT2D eigenvalue weighted by Gasteiger charge is -2.21. The third-order valence-corrected chi connectivity index (χ3v) is 4.61. The molecule has 2 aromatic rings. The number of nitro groups is 1. The minimum Gasteiger partial charge on any atom is -0.371 e. The highest BCUT2D eigenvalue weighted by Crippen LogP contribution is 2.29. The zero-order chi connectivity index (χ0) is 20.1. The number of non-ortho nitro benzene ring substituents is 1. The lowest BCUT2D eigenvalue weighted by Crippen LogP contribution is -2.23. The minimum absolute atomic E-state index is 0.126. The summed E-state index contributed by atoms with van der Waals surface area (Å²) in [5, 5.41) is 16.7. The SMILES string of the molecule is CCC(=O)Nc1cccc(NC(=O)c2cc([N+](=O)[O-])ccc2N2CCCC2)c1. The highest BCUT2D eigenvalue weighted by atomic mass is 16.6. The number of nitro benzene ring substituents is 1. The van der Waals surface area contributed by atoms with E-state index in [0.717, 1.165) is 25.9 Å². The smallest absolute Gasteiger partial charge is 0.270 e. The Morgan fingerprint density at radius 2 is 1.75 bits per heavy atom. The Balaban J connectivity index is 1.87. The van der Waals surface area contributed by atoms with Crippen LogP contribution in [0.1, 0.15) is 36.5 Å². The molecule has 1 heterocycles. The number of carbonyl (C=O) groups excluding carboxylic acids is 2. The van der Waals surface area contributed by atoms with Gasteiger partial charge in [0.15, 0.2) is 0 Å². The van der Waals surface area contributed by atoms with E-state index in [4.69, 9.17) is 0 Å². The molecule has 0 spiro atoms. The van der Waals surface area contributed by atoms with Crippen molar-refractivity contribution in [1.29, 1.82) is 0 Å². The van der Waals surface area contributed by atoms with Gasteiger partial charge in [-0.2, -0.15) is 0 Å². The fourth-order valence-electron chi connectivity index (χ4n) is 3.18. The number of carbonyl (C=O) groups is 2. The molecule has 0 aromatic heterocycles. The maximum Gasteiger partial charge on any atom is 0.270 e. The second-order valence-corrected chi connectivity index (χ2v) is 6.59. The zero-order valence-electron chi connectivity index (χ0n) is 15.6. The van der Waals surface area contributed by atoms with E-state index in [1.165, 1.54) is 12.1 Å². The van der Waals surface area contributed by atoms with Gasteiger partial charge in [0.2, 0.25) is 5.91 Å². The zero-order valence-corrected chi connectivity index (χ0v) is 15.6. The van der Waals surface area contributed by atoms with Crippen LogP contribution in [0.25, 0.3) is 0 Å². The lowest BCUT2D eigenvalue weighted by atomic mass is 10.1. The van der Waals surface area contributed by atoms with Crippen LogP contribution in [-0.4, -0.2) is 29.8 Å². The van der Waals surface area contributed by atoms with Gasteiger partial charge in [0.05, 0.1) is 16.2 Å². The van der Waals surface area contributed by atoms with Crippen molar-refractivity contribution in [2.75, 3.05) is 28.6 Å². The van der Waals surface area contributed by atoms with Gasteiger partial charge in [-0.25, -0.2) is 0 Å². The molecule has 0 saturated carbocycles. The van der Waals surface area contributed by atoms with E-state index < -0.39 is 10.8 Å². The van der Waals surface area contributed by atoms with E-state index in [2.05, 4.69) is 15.5 Å². The summed E-state index contributed by atoms with van der Waals surface area (Å²) < 4.78 is 0. The predicted octanol–water partition coefficient (Wildman–Crippen LogP) is 3.80. The molecule has 1 aliphatic rings. The van der Waals surface area contributed by atoms with Gasteiger partial charge >= 0.3 is 0 Å². The molecule has 1 fully saturated rings. The van der Waals surface area contributed by atoms with Crippen LogP contribution in [0.2, 0.25) is 0 Å². The fraction of sp³-hybridized carbons (Fsp3) is 0.300. The fourth-order valence-corrected chi connectivity index (χ4v) is 3.18. The van der Waals surface area contributed by atoms with Crippen LogP contribution < -0.4 is 15.5 Å². The molecule has 2 N–H and O–H groups in total. The number of nitrogens with one attached hydrogen (secondary N) is 2. The summed E-state index contributed by atoms with van der Waals surface area (Å²) in [6.45, 7) is 3.39. The van der Waals surface area contributed by atoms with Crippen LogP contribution in [-0.2, 0) is 4.79 Å². The summed E-state index contributed by atoms with van der Waals surface area (Å²) >= 11 is 0. The van der Waals surface area contributed by atoms with Gasteiger partial charge in [-0.3, -0.25) is 19.7 Å². The summed E-state index contributed by atoms with van der Waals surface area (Å²) in [5.41, 5.74) is 1.90. The van der Waals surface area contributed by atoms with Crippen molar-refractivity contribution >= 4 is 34.6 Å². The van der Waals surface area contributed by atoms with E-state index >= 15 is 0 Å². The number of rotatable bonds is 6. The van der Waals surface area contributed by atoms with E-state index in [-0.39, 0.29) is 17.2 Å². The van der Waals surface area contributed by atoms with Crippen LogP contribution in [0, 0.1) is 10.1 Å². The topological polar surface area (TPSA) is 105 Å². The Morgan fingerprint density at radius 3 is 2.39 bits per heavy atom. The molecule has 3 rings (SSSR count). The van der Waals surface area contributed by atoms with Crippen molar-refractivity contribution in [2.24, 2.45) is 0 Å². The van der Waals surface area contributed by atoms with Crippen LogP contribution in [0.4, 0.5) is 22.7 Å². The van der Waals surface area contributed by atoms with Crippen molar-refractivity contribution in [3.8, 4) is 0 Å². The molecule has 1 aliphatic heterocycles. The molecule has 0 aliphatic carbocycles. The number of hydrogen-bond donors (Lipinski definition) is 2. The third-order valence-electron chi connectivity index (χ3n) is 4.61. The van der Waals surface area contributed by atoms with Gasteiger partial charge in [0.1, 0.15) is 0 Å². The largest absolute Gasteiger partial charge is 0.371 e. The highest BCUT2D eigenvalue weighted by Gasteiger charge is 2.22. The van der Waals surface area contributed by atoms with Gasteiger partial charge in [0.25, 0.3) is 11.6 Å². The average Bonchev–Trinajstić information content (AvgIpc) is 3.22. The molecule has 146 valence electrons. The quantitative estimate of drug-likeness (QED) is 0.584. The molecule has 0 bridgehead atoms. The predicted molar refractivity (Wildman–Crippen MR) is 108 cm³/mol.